The van der Waals surface area contributed by atoms with Crippen LogP contribution in [0, 0.1) is 23.2 Å². The minimum absolute atomic E-state index is 0.162. The van der Waals surface area contributed by atoms with Crippen LogP contribution < -0.4 is 0 Å². The summed E-state index contributed by atoms with van der Waals surface area (Å²) in [6.45, 7) is 13.2. The van der Waals surface area contributed by atoms with E-state index in [9.17, 15) is 24.3 Å². The van der Waals surface area contributed by atoms with Crippen LogP contribution in [0.3, 0.4) is 0 Å². The smallest absolute Gasteiger partial charge is 0.338 e. The van der Waals surface area contributed by atoms with E-state index < -0.39 is 71.1 Å². The first-order valence-electron chi connectivity index (χ1n) is 14.4. The van der Waals surface area contributed by atoms with Gasteiger partial charge in [-0.25, -0.2) is 4.79 Å². The number of hydrogen-bond donors (Lipinski definition) is 1. The van der Waals surface area contributed by atoms with Crippen LogP contribution in [0.5, 0.6) is 0 Å². The molecule has 0 amide bonds. The summed E-state index contributed by atoms with van der Waals surface area (Å²) in [6.07, 6.45) is 2.54. The highest BCUT2D eigenvalue weighted by Gasteiger charge is 2.58. The molecule has 2 aliphatic carbocycles. The fourth-order valence-electron chi connectivity index (χ4n) is 6.17. The number of esters is 4. The zero-order valence-corrected chi connectivity index (χ0v) is 25.8. The van der Waals surface area contributed by atoms with Gasteiger partial charge >= 0.3 is 23.9 Å². The van der Waals surface area contributed by atoms with Crippen LogP contribution in [0.1, 0.15) is 78.6 Å². The molecule has 1 aromatic carbocycles. The van der Waals surface area contributed by atoms with Gasteiger partial charge in [-0.1, -0.05) is 64.1 Å². The molecule has 1 N–H and O–H groups in total. The van der Waals surface area contributed by atoms with Gasteiger partial charge in [0.1, 0.15) is 30.0 Å². The molecule has 42 heavy (non-hydrogen) atoms. The lowest BCUT2D eigenvalue weighted by molar-refractivity contribution is -0.173. The Labute approximate surface area is 248 Å². The van der Waals surface area contributed by atoms with E-state index in [2.05, 4.69) is 0 Å². The predicted octanol–water partition coefficient (Wildman–Crippen LogP) is 4.96. The largest absolute Gasteiger partial charge is 0.461 e. The number of rotatable bonds is 5. The zero-order valence-electron chi connectivity index (χ0n) is 25.8. The van der Waals surface area contributed by atoms with Gasteiger partial charge in [-0.05, 0) is 37.0 Å². The molecule has 8 atom stereocenters. The molecule has 0 bridgehead atoms. The molecule has 0 radical (unpaired) electrons. The van der Waals surface area contributed by atoms with E-state index in [1.54, 1.807) is 43.3 Å². The van der Waals surface area contributed by atoms with Crippen molar-refractivity contribution < 1.29 is 43.2 Å². The standard InChI is InChI=1S/C33H44O9/c1-19-14-15-32(7,8)28(40-23(5)35)17-27(39-22(4)34)20(2)16-26-29(42-31(37)25-12-10-9-11-13-25)21(3)18-33(26,38)30(19)41-24(6)36/h9-16,19,21,26-30,38H,17-18H2,1-8H3/b15-14+,20-16?/t19-,21-,26-,27+,28+,29-,30-,33+/m0/s1. The van der Waals surface area contributed by atoms with Crippen molar-refractivity contribution in [1.82, 2.24) is 0 Å². The van der Waals surface area contributed by atoms with Crippen molar-refractivity contribution in [3.63, 3.8) is 0 Å². The summed E-state index contributed by atoms with van der Waals surface area (Å²) in [4.78, 5) is 49.9. The molecule has 0 aliphatic heterocycles. The monoisotopic (exact) mass is 584 g/mol. The molecule has 230 valence electrons. The van der Waals surface area contributed by atoms with Gasteiger partial charge in [0, 0.05) is 44.4 Å². The molecule has 2 aliphatic rings. The lowest BCUT2D eigenvalue weighted by Crippen LogP contribution is -2.52. The molecule has 9 heteroatoms. The molecule has 0 spiro atoms. The lowest BCUT2D eigenvalue weighted by atomic mass is 9.75. The Bertz CT molecular complexity index is 1220. The number of ether oxygens (including phenoxy) is 4. The first-order chi connectivity index (χ1) is 19.5. The zero-order chi connectivity index (χ0) is 31.4. The number of carbonyl (C=O) groups excluding carboxylic acids is 4. The first-order valence-corrected chi connectivity index (χ1v) is 14.4. The van der Waals surface area contributed by atoms with E-state index >= 15 is 0 Å². The van der Waals surface area contributed by atoms with Crippen LogP contribution in [0.4, 0.5) is 0 Å². The van der Waals surface area contributed by atoms with Gasteiger partial charge in [0.2, 0.25) is 0 Å². The Balaban J connectivity index is 2.20. The van der Waals surface area contributed by atoms with E-state index in [0.29, 0.717) is 11.1 Å². The van der Waals surface area contributed by atoms with Crippen LogP contribution in [-0.2, 0) is 33.3 Å². The van der Waals surface area contributed by atoms with Gasteiger partial charge in [-0.15, -0.1) is 0 Å². The van der Waals surface area contributed by atoms with E-state index in [0.717, 1.165) is 0 Å². The maximum absolute atomic E-state index is 13.2. The maximum Gasteiger partial charge on any atom is 0.338 e. The average Bonchev–Trinajstić information content (AvgIpc) is 3.13. The normalized spacial score (nSPS) is 33.5. The highest BCUT2D eigenvalue weighted by molar-refractivity contribution is 5.89. The quantitative estimate of drug-likeness (QED) is 0.290. The van der Waals surface area contributed by atoms with Crippen LogP contribution in [0.25, 0.3) is 0 Å². The Morgan fingerprint density at radius 1 is 0.881 bits per heavy atom. The highest BCUT2D eigenvalue weighted by atomic mass is 16.6. The molecule has 0 saturated heterocycles. The van der Waals surface area contributed by atoms with Gasteiger partial charge in [0.15, 0.2) is 0 Å². The summed E-state index contributed by atoms with van der Waals surface area (Å²) in [6, 6.07) is 8.57. The maximum atomic E-state index is 13.2. The summed E-state index contributed by atoms with van der Waals surface area (Å²) in [5, 5.41) is 12.5. The van der Waals surface area contributed by atoms with Crippen LogP contribution in [0.2, 0.25) is 0 Å². The van der Waals surface area contributed by atoms with E-state index in [4.69, 9.17) is 18.9 Å². The van der Waals surface area contributed by atoms with Crippen molar-refractivity contribution in [3.8, 4) is 0 Å². The number of aliphatic hydroxyl groups is 1. The third-order valence-corrected chi connectivity index (χ3v) is 8.31. The second kappa shape index (κ2) is 13.2. The predicted molar refractivity (Wildman–Crippen MR) is 155 cm³/mol. The van der Waals surface area contributed by atoms with Gasteiger partial charge in [-0.3, -0.25) is 14.4 Å². The number of carbonyl (C=O) groups is 4. The van der Waals surface area contributed by atoms with Crippen molar-refractivity contribution in [2.75, 3.05) is 0 Å². The van der Waals surface area contributed by atoms with Crippen LogP contribution >= 0.6 is 0 Å². The SMILES string of the molecule is CC(=O)O[C@@H]1C[C@@H](OC(C)=O)C(C)(C)/C=C/[C@H](C)[C@H](OC(C)=O)[C@@]2(O)C[C@H](C)[C@H](OC(=O)c3ccccc3)[C@@H]2C=C1C. The summed E-state index contributed by atoms with van der Waals surface area (Å²) >= 11 is 0. The third-order valence-electron chi connectivity index (χ3n) is 8.31. The minimum Gasteiger partial charge on any atom is -0.461 e. The van der Waals surface area contributed by atoms with Crippen molar-refractivity contribution >= 4 is 23.9 Å². The molecule has 0 heterocycles. The fraction of sp³-hybridized carbons (Fsp3) is 0.576. The van der Waals surface area contributed by atoms with Crippen molar-refractivity contribution in [1.29, 1.82) is 0 Å². The molecule has 1 aromatic rings. The molecule has 0 unspecified atom stereocenters. The third kappa shape index (κ3) is 7.68. The Hall–Kier alpha value is -3.46. The molecule has 9 nitrogen and oxygen atoms in total. The molecular weight excluding hydrogens is 540 g/mol. The average molecular weight is 585 g/mol. The lowest BCUT2D eigenvalue weighted by Gasteiger charge is -2.41. The second-order valence-electron chi connectivity index (χ2n) is 12.3. The molecule has 0 aromatic heterocycles. The number of benzene rings is 1. The number of hydrogen-bond acceptors (Lipinski definition) is 9. The van der Waals surface area contributed by atoms with E-state index in [-0.39, 0.29) is 18.8 Å². The minimum atomic E-state index is -1.63. The molecular formula is C33H44O9. The fourth-order valence-corrected chi connectivity index (χ4v) is 6.17. The molecule has 3 rings (SSSR count). The van der Waals surface area contributed by atoms with Crippen molar-refractivity contribution in [2.24, 2.45) is 23.2 Å². The summed E-state index contributed by atoms with van der Waals surface area (Å²) in [5.74, 6) is -3.71. The van der Waals surface area contributed by atoms with Crippen LogP contribution in [0.15, 0.2) is 54.1 Å². The highest BCUT2D eigenvalue weighted by Crippen LogP contribution is 2.48. The van der Waals surface area contributed by atoms with Gasteiger partial charge in [0.25, 0.3) is 0 Å². The van der Waals surface area contributed by atoms with Gasteiger partial charge in [0.05, 0.1) is 5.56 Å². The number of fused-ring (bicyclic) bond motifs is 1. The van der Waals surface area contributed by atoms with Crippen molar-refractivity contribution in [3.05, 3.63) is 59.7 Å². The van der Waals surface area contributed by atoms with Crippen LogP contribution in [-0.4, -0.2) is 59.0 Å². The molecule has 1 saturated carbocycles. The summed E-state index contributed by atoms with van der Waals surface area (Å²) in [5.41, 5.74) is -1.39. The Morgan fingerprint density at radius 3 is 2.05 bits per heavy atom. The second-order valence-corrected chi connectivity index (χ2v) is 12.3. The topological polar surface area (TPSA) is 125 Å². The molecule has 1 fully saturated rings. The van der Waals surface area contributed by atoms with E-state index in [1.165, 1.54) is 20.8 Å². The van der Waals surface area contributed by atoms with Gasteiger partial charge in [-0.2, -0.15) is 0 Å². The van der Waals surface area contributed by atoms with Crippen molar-refractivity contribution in [2.45, 2.75) is 98.2 Å². The Morgan fingerprint density at radius 2 is 1.48 bits per heavy atom. The summed E-state index contributed by atoms with van der Waals surface area (Å²) < 4.78 is 23.3. The first kappa shape index (κ1) is 33.0. The van der Waals surface area contributed by atoms with E-state index in [1.807, 2.05) is 39.8 Å². The summed E-state index contributed by atoms with van der Waals surface area (Å²) in [7, 11) is 0. The van der Waals surface area contributed by atoms with Gasteiger partial charge < -0.3 is 24.1 Å². The Kier molecular flexibility index (Phi) is 10.4.